The molecule has 2 amide bonds. The summed E-state index contributed by atoms with van der Waals surface area (Å²) in [5.41, 5.74) is 12.6. The van der Waals surface area contributed by atoms with Crippen LogP contribution in [0.5, 0.6) is 0 Å². The number of hydrogen-bond acceptors (Lipinski definition) is 2. The maximum absolute atomic E-state index is 10.6. The highest BCUT2D eigenvalue weighted by atomic mass is 127. The maximum Gasteiger partial charge on any atom is 0.332 e. The van der Waals surface area contributed by atoms with Gasteiger partial charge in [-0.3, -0.25) is 0 Å². The van der Waals surface area contributed by atoms with Crippen LogP contribution in [-0.2, 0) is 0 Å². The fourth-order valence-corrected chi connectivity index (χ4v) is 2.58. The molecule has 3 N–H and O–H groups in total. The average Bonchev–Trinajstić information content (AvgIpc) is 2.68. The van der Waals surface area contributed by atoms with E-state index in [1.165, 1.54) is 9.13 Å². The van der Waals surface area contributed by atoms with Gasteiger partial charge in [0.05, 0.1) is 6.21 Å². The molecule has 21 heavy (non-hydrogen) atoms. The van der Waals surface area contributed by atoms with Crippen LogP contribution in [-0.4, -0.2) is 16.8 Å². The summed E-state index contributed by atoms with van der Waals surface area (Å²) < 4.78 is 3.40. The van der Waals surface area contributed by atoms with E-state index in [0.29, 0.717) is 0 Å². The Hall–Kier alpha value is -1.83. The second-order valence-electron chi connectivity index (χ2n) is 4.83. The van der Waals surface area contributed by atoms with Crippen LogP contribution in [0.3, 0.4) is 0 Å². The monoisotopic (exact) mass is 396 g/mol. The molecule has 110 valence electrons. The van der Waals surface area contributed by atoms with Gasteiger partial charge in [-0.1, -0.05) is 0 Å². The van der Waals surface area contributed by atoms with E-state index in [9.17, 15) is 4.79 Å². The molecule has 0 bridgehead atoms. The van der Waals surface area contributed by atoms with Gasteiger partial charge in [-0.25, -0.2) is 10.2 Å². The zero-order valence-corrected chi connectivity index (χ0v) is 14.3. The van der Waals surface area contributed by atoms with Gasteiger partial charge in [0, 0.05) is 26.2 Å². The smallest absolute Gasteiger partial charge is 0.332 e. The molecule has 1 aromatic heterocycles. The summed E-state index contributed by atoms with van der Waals surface area (Å²) in [5, 5.41) is 3.82. The number of hydrogen-bond donors (Lipinski definition) is 2. The number of nitrogens with one attached hydrogen (secondary N) is 1. The first-order valence-corrected chi connectivity index (χ1v) is 7.52. The van der Waals surface area contributed by atoms with Gasteiger partial charge in [-0.2, -0.15) is 5.10 Å². The topological polar surface area (TPSA) is 72.4 Å². The van der Waals surface area contributed by atoms with Crippen molar-refractivity contribution >= 4 is 34.8 Å². The molecule has 0 atom stereocenters. The molecule has 0 saturated heterocycles. The lowest BCUT2D eigenvalue weighted by atomic mass is 10.2. The van der Waals surface area contributed by atoms with Crippen molar-refractivity contribution in [1.29, 1.82) is 0 Å². The van der Waals surface area contributed by atoms with Crippen molar-refractivity contribution in [2.75, 3.05) is 0 Å². The van der Waals surface area contributed by atoms with Crippen LogP contribution in [0, 0.1) is 24.3 Å². The molecule has 2 rings (SSSR count). The van der Waals surface area contributed by atoms with Crippen molar-refractivity contribution < 1.29 is 4.79 Å². The molecular weight excluding hydrogens is 379 g/mol. The summed E-state index contributed by atoms with van der Waals surface area (Å²) in [6, 6.07) is 7.71. The number of hydrazone groups is 1. The molecule has 0 unspecified atom stereocenters. The Morgan fingerprint density at radius 1 is 1.33 bits per heavy atom. The lowest BCUT2D eigenvalue weighted by Gasteiger charge is -2.11. The van der Waals surface area contributed by atoms with Crippen molar-refractivity contribution in [3.8, 4) is 5.69 Å². The van der Waals surface area contributed by atoms with Crippen LogP contribution in [0.4, 0.5) is 4.79 Å². The van der Waals surface area contributed by atoms with E-state index in [0.717, 1.165) is 22.6 Å². The molecule has 6 heteroatoms. The molecule has 1 heterocycles. The van der Waals surface area contributed by atoms with Crippen molar-refractivity contribution in [1.82, 2.24) is 9.99 Å². The van der Waals surface area contributed by atoms with E-state index in [1.54, 1.807) is 6.21 Å². The van der Waals surface area contributed by atoms with Crippen molar-refractivity contribution in [2.24, 2.45) is 10.8 Å². The molecule has 2 aromatic rings. The predicted molar refractivity (Wildman–Crippen MR) is 93.0 cm³/mol. The second-order valence-corrected chi connectivity index (χ2v) is 5.99. The highest BCUT2D eigenvalue weighted by molar-refractivity contribution is 14.1. The normalized spacial score (nSPS) is 11.0. The van der Waals surface area contributed by atoms with Crippen LogP contribution < -0.4 is 11.2 Å². The van der Waals surface area contributed by atoms with E-state index in [-0.39, 0.29) is 0 Å². The Kier molecular flexibility index (Phi) is 4.66. The summed E-state index contributed by atoms with van der Waals surface area (Å²) in [6.45, 7) is 6.16. The zero-order chi connectivity index (χ0) is 15.6. The van der Waals surface area contributed by atoms with Crippen LogP contribution in [0.1, 0.15) is 22.5 Å². The fraction of sp³-hybridized carbons (Fsp3) is 0.200. The fourth-order valence-electron chi connectivity index (χ4n) is 2.25. The van der Waals surface area contributed by atoms with Gasteiger partial charge in [0.25, 0.3) is 0 Å². The minimum Gasteiger partial charge on any atom is -0.350 e. The molecule has 0 aliphatic carbocycles. The number of aromatic nitrogens is 1. The molecule has 0 saturated carbocycles. The van der Waals surface area contributed by atoms with E-state index in [2.05, 4.69) is 62.8 Å². The number of nitrogens with two attached hydrogens (primary N) is 1. The maximum atomic E-state index is 10.6. The summed E-state index contributed by atoms with van der Waals surface area (Å²) in [4.78, 5) is 10.6. The molecule has 5 nitrogen and oxygen atoms in total. The predicted octanol–water partition coefficient (Wildman–Crippen LogP) is 3.01. The molecule has 1 aromatic carbocycles. The van der Waals surface area contributed by atoms with Crippen LogP contribution >= 0.6 is 22.6 Å². The van der Waals surface area contributed by atoms with E-state index in [1.807, 2.05) is 19.9 Å². The average molecular weight is 396 g/mol. The molecular formula is C15H17IN4O. The molecule has 0 aliphatic rings. The highest BCUT2D eigenvalue weighted by Gasteiger charge is 2.10. The van der Waals surface area contributed by atoms with Gasteiger partial charge in [0.15, 0.2) is 0 Å². The molecule has 0 spiro atoms. The summed E-state index contributed by atoms with van der Waals surface area (Å²) in [5.74, 6) is 0. The van der Waals surface area contributed by atoms with Gasteiger partial charge >= 0.3 is 6.03 Å². The Labute approximate surface area is 137 Å². The number of nitrogens with zero attached hydrogens (tertiary/aromatic N) is 2. The lowest BCUT2D eigenvalue weighted by molar-refractivity contribution is 0.249. The number of halogens is 1. The number of amides is 2. The van der Waals surface area contributed by atoms with Crippen molar-refractivity contribution in [3.63, 3.8) is 0 Å². The van der Waals surface area contributed by atoms with Gasteiger partial charge in [-0.05, 0) is 73.2 Å². The largest absolute Gasteiger partial charge is 0.350 e. The summed E-state index contributed by atoms with van der Waals surface area (Å²) in [7, 11) is 0. The first-order valence-electron chi connectivity index (χ1n) is 6.44. The third-order valence-corrected chi connectivity index (χ3v) is 4.46. The zero-order valence-electron chi connectivity index (χ0n) is 12.1. The SMILES string of the molecule is Cc1cc(-n2c(C)cc(/C=N/NC(N)=O)c2C)ccc1I. The van der Waals surface area contributed by atoms with Crippen LogP contribution in [0.15, 0.2) is 29.4 Å². The van der Waals surface area contributed by atoms with Crippen LogP contribution in [0.25, 0.3) is 5.69 Å². The summed E-state index contributed by atoms with van der Waals surface area (Å²) in [6.07, 6.45) is 1.60. The molecule has 0 radical (unpaired) electrons. The lowest BCUT2D eigenvalue weighted by Crippen LogP contribution is -2.24. The number of benzene rings is 1. The first-order chi connectivity index (χ1) is 9.90. The number of primary amides is 1. The third-order valence-electron chi connectivity index (χ3n) is 3.25. The van der Waals surface area contributed by atoms with E-state index >= 15 is 0 Å². The standard InChI is InChI=1S/C15H17IN4O/c1-9-6-13(4-5-14(9)16)20-10(2)7-12(11(20)3)8-18-19-15(17)21/h4-8H,1-3H3,(H3,17,19,21)/b18-8+. The quantitative estimate of drug-likeness (QED) is 0.467. The Bertz CT molecular complexity index is 719. The van der Waals surface area contributed by atoms with Gasteiger partial charge in [0.1, 0.15) is 0 Å². The van der Waals surface area contributed by atoms with Crippen molar-refractivity contribution in [2.45, 2.75) is 20.8 Å². The number of carbonyl (C=O) groups excluding carboxylic acids is 1. The minimum atomic E-state index is -0.673. The highest BCUT2D eigenvalue weighted by Crippen LogP contribution is 2.22. The van der Waals surface area contributed by atoms with E-state index in [4.69, 9.17) is 5.73 Å². The first kappa shape index (κ1) is 15.6. The Balaban J connectivity index is 2.41. The summed E-state index contributed by atoms with van der Waals surface area (Å²) >= 11 is 2.32. The number of aryl methyl sites for hydroxylation is 2. The van der Waals surface area contributed by atoms with Crippen molar-refractivity contribution in [3.05, 3.63) is 50.4 Å². The Morgan fingerprint density at radius 3 is 2.67 bits per heavy atom. The van der Waals surface area contributed by atoms with Gasteiger partial charge < -0.3 is 10.3 Å². The molecule has 0 aliphatic heterocycles. The third kappa shape index (κ3) is 3.44. The number of carbonyl (C=O) groups is 1. The van der Waals surface area contributed by atoms with Crippen LogP contribution in [0.2, 0.25) is 0 Å². The number of rotatable bonds is 3. The Morgan fingerprint density at radius 2 is 2.05 bits per heavy atom. The minimum absolute atomic E-state index is 0.673. The molecule has 0 fully saturated rings. The van der Waals surface area contributed by atoms with E-state index < -0.39 is 6.03 Å². The van der Waals surface area contributed by atoms with Gasteiger partial charge in [0.2, 0.25) is 0 Å². The number of urea groups is 1. The second kappa shape index (κ2) is 6.30. The van der Waals surface area contributed by atoms with Gasteiger partial charge in [-0.15, -0.1) is 0 Å².